The number of rotatable bonds is 2. The molecule has 116 valence electrons. The van der Waals surface area contributed by atoms with Crippen LogP contribution in [0.15, 0.2) is 24.3 Å². The zero-order valence-corrected chi connectivity index (χ0v) is 13.3. The van der Waals surface area contributed by atoms with Gasteiger partial charge in [0.25, 0.3) is 5.91 Å². The van der Waals surface area contributed by atoms with Crippen molar-refractivity contribution in [2.45, 2.75) is 32.2 Å². The molecule has 5 heteroatoms. The van der Waals surface area contributed by atoms with Crippen LogP contribution < -0.4 is 0 Å². The number of nitrogens with zero attached hydrogens (tertiary/aromatic N) is 2. The molecule has 1 amide bonds. The molecule has 1 aliphatic rings. The number of fused-ring (bicyclic) bond motifs is 1. The van der Waals surface area contributed by atoms with Gasteiger partial charge in [-0.2, -0.15) is 0 Å². The van der Waals surface area contributed by atoms with Gasteiger partial charge in [-0.15, -0.1) is 0 Å². The molecule has 4 nitrogen and oxygen atoms in total. The molecule has 0 saturated carbocycles. The highest BCUT2D eigenvalue weighted by molar-refractivity contribution is 6.31. The average Bonchev–Trinajstić information content (AvgIpc) is 2.52. The van der Waals surface area contributed by atoms with E-state index in [1.54, 1.807) is 17.0 Å². The molecule has 2 aromatic rings. The van der Waals surface area contributed by atoms with Gasteiger partial charge in [0.1, 0.15) is 0 Å². The van der Waals surface area contributed by atoms with Crippen molar-refractivity contribution in [3.63, 3.8) is 0 Å². The fourth-order valence-corrected chi connectivity index (χ4v) is 3.29. The van der Waals surface area contributed by atoms with Gasteiger partial charge < -0.3 is 10.0 Å². The molecule has 1 atom stereocenters. The third kappa shape index (κ3) is 2.81. The zero-order valence-electron chi connectivity index (χ0n) is 12.6. The Kier molecular flexibility index (Phi) is 4.32. The fourth-order valence-electron chi connectivity index (χ4n) is 3.12. The second-order valence-corrected chi connectivity index (χ2v) is 6.24. The SMILES string of the molecule is Cc1cc(C(=O)N2CCCC[C@H]2CO)c2ccc(Cl)cc2n1. The number of carbonyl (C=O) groups is 1. The third-order valence-corrected chi connectivity index (χ3v) is 4.46. The van der Waals surface area contributed by atoms with E-state index >= 15 is 0 Å². The van der Waals surface area contributed by atoms with Crippen molar-refractivity contribution >= 4 is 28.4 Å². The number of aliphatic hydroxyl groups is 1. The highest BCUT2D eigenvalue weighted by Crippen LogP contribution is 2.26. The van der Waals surface area contributed by atoms with Gasteiger partial charge in [0.15, 0.2) is 0 Å². The summed E-state index contributed by atoms with van der Waals surface area (Å²) in [6, 6.07) is 7.13. The number of halogens is 1. The normalized spacial score (nSPS) is 18.7. The van der Waals surface area contributed by atoms with Crippen molar-refractivity contribution < 1.29 is 9.90 Å². The van der Waals surface area contributed by atoms with Crippen LogP contribution in [0.3, 0.4) is 0 Å². The van der Waals surface area contributed by atoms with E-state index in [2.05, 4.69) is 4.98 Å². The first kappa shape index (κ1) is 15.3. The molecule has 0 bridgehead atoms. The Bertz CT molecular complexity index is 712. The lowest BCUT2D eigenvalue weighted by Crippen LogP contribution is -2.45. The summed E-state index contributed by atoms with van der Waals surface area (Å²) in [6.45, 7) is 2.58. The van der Waals surface area contributed by atoms with Crippen LogP contribution in [-0.2, 0) is 0 Å². The molecule has 0 unspecified atom stereocenters. The number of piperidine rings is 1. The Morgan fingerprint density at radius 1 is 1.41 bits per heavy atom. The van der Waals surface area contributed by atoms with Crippen LogP contribution in [-0.4, -0.2) is 40.1 Å². The van der Waals surface area contributed by atoms with Gasteiger partial charge >= 0.3 is 0 Å². The molecule has 1 aromatic carbocycles. The van der Waals surface area contributed by atoms with E-state index in [9.17, 15) is 9.90 Å². The number of aryl methyl sites for hydroxylation is 1. The van der Waals surface area contributed by atoms with Crippen molar-refractivity contribution in [1.29, 1.82) is 0 Å². The number of amides is 1. The molecular formula is C17H19ClN2O2. The first-order valence-corrected chi connectivity index (χ1v) is 7.96. The first-order valence-electron chi connectivity index (χ1n) is 7.59. The number of hydrogen-bond donors (Lipinski definition) is 1. The lowest BCUT2D eigenvalue weighted by Gasteiger charge is -2.35. The van der Waals surface area contributed by atoms with E-state index in [0.29, 0.717) is 17.1 Å². The van der Waals surface area contributed by atoms with Gasteiger partial charge in [0.05, 0.1) is 23.7 Å². The van der Waals surface area contributed by atoms with E-state index in [0.717, 1.165) is 35.9 Å². The Morgan fingerprint density at radius 3 is 3.00 bits per heavy atom. The molecular weight excluding hydrogens is 300 g/mol. The molecule has 1 saturated heterocycles. The van der Waals surface area contributed by atoms with E-state index in [1.807, 2.05) is 19.1 Å². The number of aliphatic hydroxyl groups excluding tert-OH is 1. The molecule has 0 spiro atoms. The lowest BCUT2D eigenvalue weighted by atomic mass is 10.00. The highest BCUT2D eigenvalue weighted by atomic mass is 35.5. The highest BCUT2D eigenvalue weighted by Gasteiger charge is 2.28. The molecule has 0 radical (unpaired) electrons. The maximum atomic E-state index is 13.0. The van der Waals surface area contributed by atoms with Gasteiger partial charge in [0.2, 0.25) is 0 Å². The monoisotopic (exact) mass is 318 g/mol. The summed E-state index contributed by atoms with van der Waals surface area (Å²) >= 11 is 6.03. The standard InChI is InChI=1S/C17H19ClN2O2/c1-11-8-15(14-6-5-12(18)9-16(14)19-11)17(22)20-7-3-2-4-13(20)10-21/h5-6,8-9,13,21H,2-4,7,10H2,1H3/t13-/m0/s1. The maximum Gasteiger partial charge on any atom is 0.254 e. The quantitative estimate of drug-likeness (QED) is 0.925. The van der Waals surface area contributed by atoms with Crippen LogP contribution in [0.25, 0.3) is 10.9 Å². The summed E-state index contributed by atoms with van der Waals surface area (Å²) in [4.78, 5) is 19.2. The topological polar surface area (TPSA) is 53.4 Å². The molecule has 3 rings (SSSR count). The Hall–Kier alpha value is -1.65. The van der Waals surface area contributed by atoms with Gasteiger partial charge in [-0.1, -0.05) is 17.7 Å². The molecule has 0 aliphatic carbocycles. The molecule has 1 aliphatic heterocycles. The van der Waals surface area contributed by atoms with Gasteiger partial charge in [-0.25, -0.2) is 0 Å². The zero-order chi connectivity index (χ0) is 15.7. The van der Waals surface area contributed by atoms with Gasteiger partial charge in [-0.3, -0.25) is 9.78 Å². The number of carbonyl (C=O) groups excluding carboxylic acids is 1. The summed E-state index contributed by atoms with van der Waals surface area (Å²) in [5.74, 6) is -0.0310. The van der Waals surface area contributed by atoms with Crippen molar-refractivity contribution in [2.24, 2.45) is 0 Å². The Labute approximate surface area is 134 Å². The second-order valence-electron chi connectivity index (χ2n) is 5.80. The molecule has 1 aromatic heterocycles. The molecule has 22 heavy (non-hydrogen) atoms. The smallest absolute Gasteiger partial charge is 0.254 e. The van der Waals surface area contributed by atoms with Crippen molar-refractivity contribution in [3.05, 3.63) is 40.5 Å². The summed E-state index contributed by atoms with van der Waals surface area (Å²) in [7, 11) is 0. The number of pyridine rings is 1. The number of likely N-dealkylation sites (tertiary alicyclic amines) is 1. The summed E-state index contributed by atoms with van der Waals surface area (Å²) in [6.07, 6.45) is 2.90. The number of aromatic nitrogens is 1. The van der Waals surface area contributed by atoms with E-state index in [4.69, 9.17) is 11.6 Å². The minimum Gasteiger partial charge on any atom is -0.394 e. The van der Waals surface area contributed by atoms with E-state index < -0.39 is 0 Å². The summed E-state index contributed by atoms with van der Waals surface area (Å²) in [5, 5.41) is 11.0. The third-order valence-electron chi connectivity index (χ3n) is 4.23. The first-order chi connectivity index (χ1) is 10.6. The minimum absolute atomic E-state index is 0.0135. The van der Waals surface area contributed by atoms with Crippen LogP contribution in [0, 0.1) is 6.92 Å². The van der Waals surface area contributed by atoms with Crippen LogP contribution in [0.2, 0.25) is 5.02 Å². The second kappa shape index (κ2) is 6.23. The largest absolute Gasteiger partial charge is 0.394 e. The minimum atomic E-state index is -0.0860. The molecule has 2 heterocycles. The fraction of sp³-hybridized carbons (Fsp3) is 0.412. The average molecular weight is 319 g/mol. The van der Waals surface area contributed by atoms with Crippen LogP contribution in [0.1, 0.15) is 35.3 Å². The molecule has 1 fully saturated rings. The Morgan fingerprint density at radius 2 is 2.23 bits per heavy atom. The Balaban J connectivity index is 2.06. The van der Waals surface area contributed by atoms with Gasteiger partial charge in [-0.05, 0) is 44.4 Å². The van der Waals surface area contributed by atoms with Gasteiger partial charge in [0, 0.05) is 22.6 Å². The van der Waals surface area contributed by atoms with Crippen LogP contribution in [0.4, 0.5) is 0 Å². The summed E-state index contributed by atoms with van der Waals surface area (Å²) < 4.78 is 0. The summed E-state index contributed by atoms with van der Waals surface area (Å²) in [5.41, 5.74) is 2.16. The van der Waals surface area contributed by atoms with Crippen molar-refractivity contribution in [1.82, 2.24) is 9.88 Å². The van der Waals surface area contributed by atoms with Crippen LogP contribution in [0.5, 0.6) is 0 Å². The number of benzene rings is 1. The lowest BCUT2D eigenvalue weighted by molar-refractivity contribution is 0.0505. The number of hydrogen-bond acceptors (Lipinski definition) is 3. The molecule has 1 N–H and O–H groups in total. The van der Waals surface area contributed by atoms with Crippen molar-refractivity contribution in [2.75, 3.05) is 13.2 Å². The van der Waals surface area contributed by atoms with E-state index in [1.165, 1.54) is 0 Å². The predicted octanol–water partition coefficient (Wildman–Crippen LogP) is 3.18. The maximum absolute atomic E-state index is 13.0. The predicted molar refractivity (Wildman–Crippen MR) is 87.3 cm³/mol. The van der Waals surface area contributed by atoms with E-state index in [-0.39, 0.29) is 18.6 Å². The van der Waals surface area contributed by atoms with Crippen molar-refractivity contribution in [3.8, 4) is 0 Å². The van der Waals surface area contributed by atoms with Crippen LogP contribution >= 0.6 is 11.6 Å².